The van der Waals surface area contributed by atoms with Crippen LogP contribution in [0.3, 0.4) is 0 Å². The van der Waals surface area contributed by atoms with E-state index >= 15 is 0 Å². The fourth-order valence-corrected chi connectivity index (χ4v) is 2.69. The second-order valence-corrected chi connectivity index (χ2v) is 6.35. The van der Waals surface area contributed by atoms with E-state index in [4.69, 9.17) is 9.15 Å². The molecule has 1 N–H and O–H groups in total. The minimum Gasteiger partial charge on any atom is -0.493 e. The summed E-state index contributed by atoms with van der Waals surface area (Å²) in [6.45, 7) is 6.20. The van der Waals surface area contributed by atoms with Crippen molar-refractivity contribution in [3.63, 3.8) is 0 Å². The highest BCUT2D eigenvalue weighted by Gasteiger charge is 2.07. The smallest absolute Gasteiger partial charge is 0.336 e. The fraction of sp³-hybridized carbons (Fsp3) is 0.238. The quantitative estimate of drug-likeness (QED) is 0.702. The minimum absolute atomic E-state index is 0.164. The van der Waals surface area contributed by atoms with Gasteiger partial charge in [-0.15, -0.1) is 0 Å². The van der Waals surface area contributed by atoms with Crippen molar-refractivity contribution in [2.45, 2.75) is 27.2 Å². The van der Waals surface area contributed by atoms with Gasteiger partial charge in [0.05, 0.1) is 13.0 Å². The molecule has 134 valence electrons. The monoisotopic (exact) mass is 351 g/mol. The molecule has 0 saturated heterocycles. The van der Waals surface area contributed by atoms with Crippen LogP contribution in [0.5, 0.6) is 5.75 Å². The van der Waals surface area contributed by atoms with Gasteiger partial charge in [-0.05, 0) is 61.7 Å². The number of hydrogen-bond acceptors (Lipinski definition) is 4. The third-order valence-corrected chi connectivity index (χ3v) is 4.31. The van der Waals surface area contributed by atoms with E-state index < -0.39 is 5.63 Å². The van der Waals surface area contributed by atoms with Crippen molar-refractivity contribution in [1.82, 2.24) is 0 Å². The molecule has 0 bridgehead atoms. The molecule has 26 heavy (non-hydrogen) atoms. The summed E-state index contributed by atoms with van der Waals surface area (Å²) in [5, 5.41) is 3.65. The first kappa shape index (κ1) is 17.7. The Morgan fingerprint density at radius 3 is 2.58 bits per heavy atom. The predicted molar refractivity (Wildman–Crippen MR) is 102 cm³/mol. The first-order chi connectivity index (χ1) is 12.4. The standard InChI is InChI=1S/C21H21NO4/c1-13-4-6-17(10-14(13)2)25-9-8-20(23)22-16-5-7-18-15(3)11-21(24)26-19(18)12-16/h4-7,10-12H,8-9H2,1-3H3,(H,22,23). The Bertz CT molecular complexity index is 1020. The third kappa shape index (κ3) is 4.11. The number of nitrogens with one attached hydrogen (secondary N) is 1. The van der Waals surface area contributed by atoms with Crippen molar-refractivity contribution >= 4 is 22.6 Å². The number of hydrogen-bond donors (Lipinski definition) is 1. The van der Waals surface area contributed by atoms with E-state index in [2.05, 4.69) is 5.32 Å². The minimum atomic E-state index is -0.403. The van der Waals surface area contributed by atoms with Crippen LogP contribution in [0.2, 0.25) is 0 Å². The van der Waals surface area contributed by atoms with Crippen LogP contribution in [-0.4, -0.2) is 12.5 Å². The van der Waals surface area contributed by atoms with Crippen molar-refractivity contribution < 1.29 is 13.9 Å². The summed E-state index contributed by atoms with van der Waals surface area (Å²) >= 11 is 0. The Labute approximate surface area is 151 Å². The number of fused-ring (bicyclic) bond motifs is 1. The van der Waals surface area contributed by atoms with E-state index in [-0.39, 0.29) is 18.9 Å². The maximum absolute atomic E-state index is 12.1. The number of amides is 1. The van der Waals surface area contributed by atoms with Crippen molar-refractivity contribution in [3.05, 3.63) is 69.6 Å². The summed E-state index contributed by atoms with van der Waals surface area (Å²) in [7, 11) is 0. The zero-order chi connectivity index (χ0) is 18.7. The number of carbonyl (C=O) groups excluding carboxylic acids is 1. The second kappa shape index (κ2) is 7.44. The number of anilines is 1. The Balaban J connectivity index is 1.60. The second-order valence-electron chi connectivity index (χ2n) is 6.35. The molecule has 5 heteroatoms. The average Bonchev–Trinajstić information content (AvgIpc) is 2.57. The van der Waals surface area contributed by atoms with Crippen molar-refractivity contribution in [2.24, 2.45) is 0 Å². The van der Waals surface area contributed by atoms with Crippen LogP contribution in [0, 0.1) is 20.8 Å². The molecule has 1 amide bonds. The van der Waals surface area contributed by atoms with Crippen LogP contribution in [0.15, 0.2) is 51.7 Å². The van der Waals surface area contributed by atoms with Crippen LogP contribution < -0.4 is 15.7 Å². The first-order valence-electron chi connectivity index (χ1n) is 8.47. The zero-order valence-corrected chi connectivity index (χ0v) is 15.1. The topological polar surface area (TPSA) is 68.5 Å². The van der Waals surface area contributed by atoms with Crippen LogP contribution in [0.4, 0.5) is 5.69 Å². The van der Waals surface area contributed by atoms with E-state index in [1.54, 1.807) is 12.1 Å². The summed E-state index contributed by atoms with van der Waals surface area (Å²) < 4.78 is 10.8. The third-order valence-electron chi connectivity index (χ3n) is 4.31. The number of carbonyl (C=O) groups is 1. The molecule has 3 aromatic rings. The predicted octanol–water partition coefficient (Wildman–Crippen LogP) is 4.13. The van der Waals surface area contributed by atoms with Crippen molar-refractivity contribution in [2.75, 3.05) is 11.9 Å². The van der Waals surface area contributed by atoms with E-state index in [0.717, 1.165) is 22.3 Å². The number of ether oxygens (including phenoxy) is 1. The highest BCUT2D eigenvalue weighted by Crippen LogP contribution is 2.21. The molecule has 0 atom stereocenters. The van der Waals surface area contributed by atoms with Gasteiger partial charge >= 0.3 is 5.63 Å². The molecule has 1 aromatic heterocycles. The lowest BCUT2D eigenvalue weighted by atomic mass is 10.1. The van der Waals surface area contributed by atoms with E-state index in [9.17, 15) is 9.59 Å². The lowest BCUT2D eigenvalue weighted by molar-refractivity contribution is -0.116. The summed E-state index contributed by atoms with van der Waals surface area (Å²) in [6.07, 6.45) is 0.225. The summed E-state index contributed by atoms with van der Waals surface area (Å²) in [5.74, 6) is 0.590. The maximum atomic E-state index is 12.1. The molecule has 0 aliphatic carbocycles. The number of aryl methyl sites for hydroxylation is 3. The van der Waals surface area contributed by atoms with Crippen molar-refractivity contribution in [3.8, 4) is 5.75 Å². The normalized spacial score (nSPS) is 10.7. The van der Waals surface area contributed by atoms with E-state index in [1.165, 1.54) is 11.6 Å². The van der Waals surface area contributed by atoms with Crippen LogP contribution in [0.1, 0.15) is 23.1 Å². The first-order valence-corrected chi connectivity index (χ1v) is 8.47. The van der Waals surface area contributed by atoms with E-state index in [0.29, 0.717) is 11.3 Å². The zero-order valence-electron chi connectivity index (χ0n) is 15.1. The van der Waals surface area contributed by atoms with Crippen LogP contribution in [0.25, 0.3) is 11.0 Å². The largest absolute Gasteiger partial charge is 0.493 e. The van der Waals surface area contributed by atoms with Gasteiger partial charge in [-0.3, -0.25) is 4.79 Å². The summed E-state index contributed by atoms with van der Waals surface area (Å²) in [5.41, 5.74) is 3.84. The van der Waals surface area contributed by atoms with E-state index in [1.807, 2.05) is 45.0 Å². The highest BCUT2D eigenvalue weighted by molar-refractivity contribution is 5.93. The summed E-state index contributed by atoms with van der Waals surface area (Å²) in [6, 6.07) is 12.6. The molecular weight excluding hydrogens is 330 g/mol. The molecule has 3 rings (SSSR count). The van der Waals surface area contributed by atoms with Gasteiger partial charge in [0.1, 0.15) is 11.3 Å². The summed E-state index contributed by atoms with van der Waals surface area (Å²) in [4.78, 5) is 23.6. The lowest BCUT2D eigenvalue weighted by Crippen LogP contribution is -2.15. The molecule has 0 spiro atoms. The SMILES string of the molecule is Cc1ccc(OCCC(=O)Nc2ccc3c(C)cc(=O)oc3c2)cc1C. The molecular formula is C21H21NO4. The molecule has 0 radical (unpaired) electrons. The van der Waals surface area contributed by atoms with Crippen LogP contribution >= 0.6 is 0 Å². The Kier molecular flexibility index (Phi) is 5.07. The molecule has 0 aliphatic heterocycles. The Morgan fingerprint density at radius 1 is 1.00 bits per heavy atom. The molecule has 0 unspecified atom stereocenters. The van der Waals surface area contributed by atoms with Crippen LogP contribution in [-0.2, 0) is 4.79 Å². The molecule has 0 saturated carbocycles. The molecule has 2 aromatic carbocycles. The molecule has 0 fully saturated rings. The van der Waals surface area contributed by atoms with Gasteiger partial charge in [0.25, 0.3) is 0 Å². The van der Waals surface area contributed by atoms with Gasteiger partial charge in [-0.2, -0.15) is 0 Å². The Hall–Kier alpha value is -3.08. The Morgan fingerprint density at radius 2 is 1.81 bits per heavy atom. The molecule has 5 nitrogen and oxygen atoms in total. The van der Waals surface area contributed by atoms with Gasteiger partial charge in [0.15, 0.2) is 0 Å². The van der Waals surface area contributed by atoms with Crippen molar-refractivity contribution in [1.29, 1.82) is 0 Å². The number of rotatable bonds is 5. The lowest BCUT2D eigenvalue weighted by Gasteiger charge is -2.09. The fourth-order valence-electron chi connectivity index (χ4n) is 2.69. The molecule has 0 aliphatic rings. The van der Waals surface area contributed by atoms with Gasteiger partial charge in [-0.25, -0.2) is 4.79 Å². The average molecular weight is 351 g/mol. The van der Waals surface area contributed by atoms with Gasteiger partial charge in [-0.1, -0.05) is 6.07 Å². The number of benzene rings is 2. The van der Waals surface area contributed by atoms with Gasteiger partial charge in [0, 0.05) is 23.2 Å². The molecule has 1 heterocycles. The highest BCUT2D eigenvalue weighted by atomic mass is 16.5. The maximum Gasteiger partial charge on any atom is 0.336 e. The van der Waals surface area contributed by atoms with Gasteiger partial charge in [0.2, 0.25) is 5.91 Å². The van der Waals surface area contributed by atoms with Gasteiger partial charge < -0.3 is 14.5 Å².